The number of rotatable bonds is 7. The first kappa shape index (κ1) is 19.2. The minimum absolute atomic E-state index is 0.109. The van der Waals surface area contributed by atoms with E-state index in [-0.39, 0.29) is 17.3 Å². The van der Waals surface area contributed by atoms with Gasteiger partial charge in [-0.05, 0) is 43.3 Å². The summed E-state index contributed by atoms with van der Waals surface area (Å²) in [5.41, 5.74) is 1.46. The average Bonchev–Trinajstić information content (AvgIpc) is 2.57. The van der Waals surface area contributed by atoms with Gasteiger partial charge in [-0.15, -0.1) is 0 Å². The highest BCUT2D eigenvalue weighted by Gasteiger charge is 2.16. The molecule has 0 aliphatic carbocycles. The Labute approximate surface area is 149 Å². The maximum Gasteiger partial charge on any atom is 0.387 e. The molecule has 0 saturated carbocycles. The summed E-state index contributed by atoms with van der Waals surface area (Å²) in [6, 6.07) is 12.1. The summed E-state index contributed by atoms with van der Waals surface area (Å²) in [5.74, 6) is -0.702. The second-order valence-corrected chi connectivity index (χ2v) is 5.49. The maximum atomic E-state index is 12.4. The van der Waals surface area contributed by atoms with Crippen molar-refractivity contribution in [1.82, 2.24) is 0 Å². The van der Waals surface area contributed by atoms with Crippen molar-refractivity contribution in [2.45, 2.75) is 26.5 Å². The zero-order valence-electron chi connectivity index (χ0n) is 14.3. The van der Waals surface area contributed by atoms with Crippen molar-refractivity contribution in [1.29, 1.82) is 0 Å². The van der Waals surface area contributed by atoms with Gasteiger partial charge in [0.15, 0.2) is 0 Å². The lowest BCUT2D eigenvalue weighted by atomic mass is 10.2. The van der Waals surface area contributed by atoms with Crippen molar-refractivity contribution in [2.75, 3.05) is 16.0 Å². The number of amides is 2. The SMILES string of the molecule is CC(=O)Nc1ccc(N[C@H](C)C(=O)Nc2ccccc2OC(F)F)cc1. The monoisotopic (exact) mass is 363 g/mol. The lowest BCUT2D eigenvalue weighted by molar-refractivity contribution is -0.116. The number of hydrogen-bond acceptors (Lipinski definition) is 4. The van der Waals surface area contributed by atoms with Crippen LogP contribution in [-0.2, 0) is 9.59 Å². The van der Waals surface area contributed by atoms with Crippen molar-refractivity contribution in [3.05, 3.63) is 48.5 Å². The first-order chi connectivity index (χ1) is 12.3. The van der Waals surface area contributed by atoms with Crippen LogP contribution in [0.4, 0.5) is 25.8 Å². The lowest BCUT2D eigenvalue weighted by Crippen LogP contribution is -2.32. The number of halogens is 2. The second-order valence-electron chi connectivity index (χ2n) is 5.49. The van der Waals surface area contributed by atoms with Crippen molar-refractivity contribution >= 4 is 28.9 Å². The van der Waals surface area contributed by atoms with Crippen LogP contribution >= 0.6 is 0 Å². The molecule has 6 nitrogen and oxygen atoms in total. The summed E-state index contributed by atoms with van der Waals surface area (Å²) >= 11 is 0. The molecule has 2 amide bonds. The fourth-order valence-corrected chi connectivity index (χ4v) is 2.18. The van der Waals surface area contributed by atoms with Gasteiger partial charge in [0.25, 0.3) is 0 Å². The van der Waals surface area contributed by atoms with Gasteiger partial charge < -0.3 is 20.7 Å². The minimum atomic E-state index is -2.98. The van der Waals surface area contributed by atoms with E-state index in [9.17, 15) is 18.4 Å². The predicted molar refractivity (Wildman–Crippen MR) is 95.5 cm³/mol. The van der Waals surface area contributed by atoms with Gasteiger partial charge in [0.1, 0.15) is 11.8 Å². The fraction of sp³-hybridized carbons (Fsp3) is 0.222. The normalized spacial score (nSPS) is 11.6. The van der Waals surface area contributed by atoms with Gasteiger partial charge >= 0.3 is 6.61 Å². The number of benzene rings is 2. The van der Waals surface area contributed by atoms with Crippen molar-refractivity contribution in [2.24, 2.45) is 0 Å². The molecule has 8 heteroatoms. The van der Waals surface area contributed by atoms with E-state index >= 15 is 0 Å². The molecule has 1 atom stereocenters. The zero-order chi connectivity index (χ0) is 19.1. The smallest absolute Gasteiger partial charge is 0.387 e. The number of carbonyl (C=O) groups is 2. The average molecular weight is 363 g/mol. The van der Waals surface area contributed by atoms with E-state index in [2.05, 4.69) is 20.7 Å². The highest BCUT2D eigenvalue weighted by Crippen LogP contribution is 2.25. The molecule has 0 aliphatic rings. The number of hydrogen-bond donors (Lipinski definition) is 3. The van der Waals surface area contributed by atoms with Gasteiger partial charge in [-0.25, -0.2) is 0 Å². The molecule has 2 rings (SSSR count). The largest absolute Gasteiger partial charge is 0.433 e. The second kappa shape index (κ2) is 8.80. The summed E-state index contributed by atoms with van der Waals surface area (Å²) in [6.45, 7) is 0.0627. The summed E-state index contributed by atoms with van der Waals surface area (Å²) in [7, 11) is 0. The Morgan fingerprint density at radius 3 is 2.19 bits per heavy atom. The van der Waals surface area contributed by atoms with Crippen LogP contribution in [0.3, 0.4) is 0 Å². The molecule has 0 bridgehead atoms. The summed E-state index contributed by atoms with van der Waals surface area (Å²) in [5, 5.41) is 8.19. The van der Waals surface area contributed by atoms with E-state index in [4.69, 9.17) is 0 Å². The van der Waals surface area contributed by atoms with Crippen LogP contribution in [0, 0.1) is 0 Å². The Morgan fingerprint density at radius 2 is 1.58 bits per heavy atom. The molecule has 0 aliphatic heterocycles. The molecule has 0 saturated heterocycles. The Kier molecular flexibility index (Phi) is 6.48. The molecule has 2 aromatic carbocycles. The molecule has 0 radical (unpaired) electrons. The molecule has 3 N–H and O–H groups in total. The summed E-state index contributed by atoms with van der Waals surface area (Å²) in [4.78, 5) is 23.3. The van der Waals surface area contributed by atoms with Gasteiger partial charge in [0, 0.05) is 18.3 Å². The van der Waals surface area contributed by atoms with Crippen molar-refractivity contribution in [3.8, 4) is 5.75 Å². The number of ether oxygens (including phenoxy) is 1. The molecule has 0 unspecified atom stereocenters. The van der Waals surface area contributed by atoms with E-state index < -0.39 is 18.6 Å². The Balaban J connectivity index is 1.98. The number of anilines is 3. The van der Waals surface area contributed by atoms with E-state index in [1.807, 2.05) is 0 Å². The van der Waals surface area contributed by atoms with Crippen LogP contribution < -0.4 is 20.7 Å². The van der Waals surface area contributed by atoms with Crippen LogP contribution in [0.15, 0.2) is 48.5 Å². The number of nitrogens with one attached hydrogen (secondary N) is 3. The zero-order valence-corrected chi connectivity index (χ0v) is 14.3. The molecule has 0 spiro atoms. The van der Waals surface area contributed by atoms with Crippen LogP contribution in [0.2, 0.25) is 0 Å². The number of alkyl halides is 2. The van der Waals surface area contributed by atoms with E-state index in [1.165, 1.54) is 25.1 Å². The van der Waals surface area contributed by atoms with E-state index in [0.717, 1.165) is 0 Å². The van der Waals surface area contributed by atoms with Crippen molar-refractivity contribution in [3.63, 3.8) is 0 Å². The van der Waals surface area contributed by atoms with Crippen LogP contribution in [0.25, 0.3) is 0 Å². The molecule has 0 fully saturated rings. The standard InChI is InChI=1S/C18H19F2N3O3/c1-11(21-13-7-9-14(10-8-13)22-12(2)24)17(25)23-15-5-3-4-6-16(15)26-18(19)20/h3-11,18,21H,1-2H3,(H,22,24)(H,23,25)/t11-/m1/s1. The molecule has 2 aromatic rings. The molecular weight excluding hydrogens is 344 g/mol. The Morgan fingerprint density at radius 1 is 0.962 bits per heavy atom. The first-order valence-electron chi connectivity index (χ1n) is 7.84. The van der Waals surface area contributed by atoms with Gasteiger partial charge in [0.2, 0.25) is 11.8 Å². The lowest BCUT2D eigenvalue weighted by Gasteiger charge is -2.17. The summed E-state index contributed by atoms with van der Waals surface area (Å²) in [6.07, 6.45) is 0. The molecule has 138 valence electrons. The van der Waals surface area contributed by atoms with E-state index in [0.29, 0.717) is 11.4 Å². The fourth-order valence-electron chi connectivity index (χ4n) is 2.18. The highest BCUT2D eigenvalue weighted by atomic mass is 19.3. The number of para-hydroxylation sites is 2. The molecule has 26 heavy (non-hydrogen) atoms. The van der Waals surface area contributed by atoms with Gasteiger partial charge in [-0.2, -0.15) is 8.78 Å². The van der Waals surface area contributed by atoms with Crippen LogP contribution in [-0.4, -0.2) is 24.5 Å². The third-order valence-electron chi connectivity index (χ3n) is 3.34. The quantitative estimate of drug-likeness (QED) is 0.701. The Hall–Kier alpha value is -3.16. The molecule has 0 heterocycles. The van der Waals surface area contributed by atoms with Crippen LogP contribution in [0.5, 0.6) is 5.75 Å². The highest BCUT2D eigenvalue weighted by molar-refractivity contribution is 5.97. The third-order valence-corrected chi connectivity index (χ3v) is 3.34. The van der Waals surface area contributed by atoms with Gasteiger partial charge in [0.05, 0.1) is 5.69 Å². The van der Waals surface area contributed by atoms with Gasteiger partial charge in [-0.3, -0.25) is 9.59 Å². The molecule has 0 aromatic heterocycles. The summed E-state index contributed by atoms with van der Waals surface area (Å²) < 4.78 is 29.2. The van der Waals surface area contributed by atoms with Crippen LogP contribution in [0.1, 0.15) is 13.8 Å². The van der Waals surface area contributed by atoms with Crippen molar-refractivity contribution < 1.29 is 23.1 Å². The predicted octanol–water partition coefficient (Wildman–Crippen LogP) is 3.69. The minimum Gasteiger partial charge on any atom is -0.433 e. The first-order valence-corrected chi connectivity index (χ1v) is 7.84. The molecular formula is C18H19F2N3O3. The number of carbonyl (C=O) groups excluding carboxylic acids is 2. The third kappa shape index (κ3) is 5.73. The Bertz CT molecular complexity index is 767. The maximum absolute atomic E-state index is 12.4. The topological polar surface area (TPSA) is 79.5 Å². The van der Waals surface area contributed by atoms with E-state index in [1.54, 1.807) is 37.3 Å². The van der Waals surface area contributed by atoms with Gasteiger partial charge in [-0.1, -0.05) is 12.1 Å².